The van der Waals surface area contributed by atoms with Crippen molar-refractivity contribution in [3.05, 3.63) is 0 Å². The van der Waals surface area contributed by atoms with Crippen LogP contribution in [0.5, 0.6) is 0 Å². The summed E-state index contributed by atoms with van der Waals surface area (Å²) in [5.41, 5.74) is 5.63. The number of rotatable bonds is 2. The van der Waals surface area contributed by atoms with Crippen molar-refractivity contribution in [2.75, 3.05) is 13.1 Å². The monoisotopic (exact) mass is 158 g/mol. The zero-order chi connectivity index (χ0) is 8.43. The van der Waals surface area contributed by atoms with E-state index in [1.807, 2.05) is 4.90 Å². The van der Waals surface area contributed by atoms with Gasteiger partial charge in [0.2, 0.25) is 0 Å². The SMILES string of the molecule is CC(C(=O)O)N1CCC(N)C1. The molecule has 0 bridgehead atoms. The average Bonchev–Trinajstić information content (AvgIpc) is 2.34. The quantitative estimate of drug-likeness (QED) is 0.568. The third kappa shape index (κ3) is 1.91. The normalized spacial score (nSPS) is 28.7. The Hall–Kier alpha value is -0.610. The van der Waals surface area contributed by atoms with Gasteiger partial charge in [-0.1, -0.05) is 0 Å². The highest BCUT2D eigenvalue weighted by Gasteiger charge is 2.26. The number of carboxylic acids is 1. The van der Waals surface area contributed by atoms with E-state index in [1.54, 1.807) is 6.92 Å². The molecule has 0 aromatic heterocycles. The third-order valence-electron chi connectivity index (χ3n) is 2.16. The molecule has 0 spiro atoms. The van der Waals surface area contributed by atoms with Gasteiger partial charge in [0.05, 0.1) is 0 Å². The maximum atomic E-state index is 10.5. The summed E-state index contributed by atoms with van der Waals surface area (Å²) in [7, 11) is 0. The molecule has 4 heteroatoms. The lowest BCUT2D eigenvalue weighted by atomic mass is 10.3. The summed E-state index contributed by atoms with van der Waals surface area (Å²) in [5, 5.41) is 8.65. The van der Waals surface area contributed by atoms with Gasteiger partial charge in [-0.3, -0.25) is 9.69 Å². The van der Waals surface area contributed by atoms with Crippen LogP contribution in [0.3, 0.4) is 0 Å². The van der Waals surface area contributed by atoms with Crippen molar-refractivity contribution >= 4 is 5.97 Å². The van der Waals surface area contributed by atoms with Crippen LogP contribution in [0.1, 0.15) is 13.3 Å². The standard InChI is InChI=1S/C7H14N2O2/c1-5(7(10)11)9-3-2-6(8)4-9/h5-6H,2-4,8H2,1H3,(H,10,11). The zero-order valence-corrected chi connectivity index (χ0v) is 6.66. The van der Waals surface area contributed by atoms with Crippen LogP contribution in [0.25, 0.3) is 0 Å². The molecule has 0 radical (unpaired) electrons. The van der Waals surface area contributed by atoms with E-state index in [9.17, 15) is 4.79 Å². The Labute approximate surface area is 66.0 Å². The molecular weight excluding hydrogens is 144 g/mol. The summed E-state index contributed by atoms with van der Waals surface area (Å²) in [5.74, 6) is -0.765. The minimum absolute atomic E-state index is 0.164. The molecule has 0 aromatic carbocycles. The second-order valence-electron chi connectivity index (χ2n) is 3.06. The van der Waals surface area contributed by atoms with Crippen molar-refractivity contribution in [2.45, 2.75) is 25.4 Å². The van der Waals surface area contributed by atoms with E-state index in [0.717, 1.165) is 13.0 Å². The lowest BCUT2D eigenvalue weighted by molar-refractivity contribution is -0.142. The molecule has 0 amide bonds. The van der Waals surface area contributed by atoms with Gasteiger partial charge in [0, 0.05) is 19.1 Å². The second kappa shape index (κ2) is 3.19. The second-order valence-corrected chi connectivity index (χ2v) is 3.06. The van der Waals surface area contributed by atoms with Crippen LogP contribution in [0.2, 0.25) is 0 Å². The Morgan fingerprint density at radius 2 is 2.45 bits per heavy atom. The topological polar surface area (TPSA) is 66.6 Å². The first-order valence-electron chi connectivity index (χ1n) is 3.83. The van der Waals surface area contributed by atoms with Crippen molar-refractivity contribution in [3.8, 4) is 0 Å². The molecule has 3 N–H and O–H groups in total. The molecule has 1 heterocycles. The highest BCUT2D eigenvalue weighted by molar-refractivity contribution is 5.72. The molecule has 0 aliphatic carbocycles. The van der Waals surface area contributed by atoms with Gasteiger partial charge in [0.15, 0.2) is 0 Å². The highest BCUT2D eigenvalue weighted by atomic mass is 16.4. The first-order valence-corrected chi connectivity index (χ1v) is 3.83. The van der Waals surface area contributed by atoms with Crippen molar-refractivity contribution in [2.24, 2.45) is 5.73 Å². The number of likely N-dealkylation sites (tertiary alicyclic amines) is 1. The molecule has 0 aromatic rings. The number of hydrogen-bond donors (Lipinski definition) is 2. The van der Waals surface area contributed by atoms with Crippen LogP contribution in [0, 0.1) is 0 Å². The molecule has 4 nitrogen and oxygen atoms in total. The van der Waals surface area contributed by atoms with E-state index in [0.29, 0.717) is 6.54 Å². The van der Waals surface area contributed by atoms with Crippen LogP contribution >= 0.6 is 0 Å². The van der Waals surface area contributed by atoms with E-state index < -0.39 is 5.97 Å². The Bertz CT molecular complexity index is 161. The van der Waals surface area contributed by atoms with Gasteiger partial charge >= 0.3 is 5.97 Å². The van der Waals surface area contributed by atoms with Crippen LogP contribution in [0.15, 0.2) is 0 Å². The fraction of sp³-hybridized carbons (Fsp3) is 0.857. The molecular formula is C7H14N2O2. The summed E-state index contributed by atoms with van der Waals surface area (Å²) >= 11 is 0. The zero-order valence-electron chi connectivity index (χ0n) is 6.66. The van der Waals surface area contributed by atoms with Gasteiger partial charge < -0.3 is 10.8 Å². The van der Waals surface area contributed by atoms with E-state index in [4.69, 9.17) is 10.8 Å². The lowest BCUT2D eigenvalue weighted by Crippen LogP contribution is -2.38. The van der Waals surface area contributed by atoms with Gasteiger partial charge in [-0.15, -0.1) is 0 Å². The van der Waals surface area contributed by atoms with Gasteiger partial charge in [0.25, 0.3) is 0 Å². The maximum Gasteiger partial charge on any atom is 0.320 e. The van der Waals surface area contributed by atoms with Crippen LogP contribution in [0.4, 0.5) is 0 Å². The van der Waals surface area contributed by atoms with E-state index in [-0.39, 0.29) is 12.1 Å². The number of nitrogens with zero attached hydrogens (tertiary/aromatic N) is 1. The molecule has 1 rings (SSSR count). The average molecular weight is 158 g/mol. The molecule has 1 aliphatic rings. The molecule has 1 saturated heterocycles. The molecule has 0 saturated carbocycles. The van der Waals surface area contributed by atoms with Gasteiger partial charge in [0.1, 0.15) is 6.04 Å². The lowest BCUT2D eigenvalue weighted by Gasteiger charge is -2.19. The Kier molecular flexibility index (Phi) is 2.46. The molecule has 1 fully saturated rings. The van der Waals surface area contributed by atoms with E-state index >= 15 is 0 Å². The summed E-state index contributed by atoms with van der Waals surface area (Å²) in [4.78, 5) is 12.4. The van der Waals surface area contributed by atoms with Crippen molar-refractivity contribution in [1.29, 1.82) is 0 Å². The van der Waals surface area contributed by atoms with E-state index in [2.05, 4.69) is 0 Å². The highest BCUT2D eigenvalue weighted by Crippen LogP contribution is 2.10. The number of nitrogens with two attached hydrogens (primary N) is 1. The summed E-state index contributed by atoms with van der Waals surface area (Å²) in [6.07, 6.45) is 0.914. The largest absolute Gasteiger partial charge is 0.480 e. The first-order chi connectivity index (χ1) is 5.11. The summed E-state index contributed by atoms with van der Waals surface area (Å²) in [6, 6.07) is -0.222. The first kappa shape index (κ1) is 8.49. The number of aliphatic carboxylic acids is 1. The van der Waals surface area contributed by atoms with Crippen LogP contribution < -0.4 is 5.73 Å². The van der Waals surface area contributed by atoms with E-state index in [1.165, 1.54) is 0 Å². The van der Waals surface area contributed by atoms with Crippen molar-refractivity contribution < 1.29 is 9.90 Å². The number of carboxylic acid groups (broad SMARTS) is 1. The van der Waals surface area contributed by atoms with Crippen molar-refractivity contribution in [3.63, 3.8) is 0 Å². The van der Waals surface area contributed by atoms with Gasteiger partial charge in [-0.05, 0) is 13.3 Å². The summed E-state index contributed by atoms with van der Waals surface area (Å²) < 4.78 is 0. The minimum Gasteiger partial charge on any atom is -0.480 e. The maximum absolute atomic E-state index is 10.5. The fourth-order valence-electron chi connectivity index (χ4n) is 1.32. The fourth-order valence-corrected chi connectivity index (χ4v) is 1.32. The van der Waals surface area contributed by atoms with Gasteiger partial charge in [-0.2, -0.15) is 0 Å². The summed E-state index contributed by atoms with van der Waals surface area (Å²) in [6.45, 7) is 3.22. The predicted molar refractivity (Wildman–Crippen MR) is 41.3 cm³/mol. The predicted octanol–water partition coefficient (Wildman–Crippen LogP) is -0.507. The Morgan fingerprint density at radius 3 is 2.82 bits per heavy atom. The van der Waals surface area contributed by atoms with Crippen LogP contribution in [-0.2, 0) is 4.79 Å². The molecule has 1 aliphatic heterocycles. The van der Waals surface area contributed by atoms with Gasteiger partial charge in [-0.25, -0.2) is 0 Å². The molecule has 64 valence electrons. The molecule has 2 atom stereocenters. The van der Waals surface area contributed by atoms with Crippen molar-refractivity contribution in [1.82, 2.24) is 4.90 Å². The number of carbonyl (C=O) groups is 1. The Morgan fingerprint density at radius 1 is 1.82 bits per heavy atom. The third-order valence-corrected chi connectivity index (χ3v) is 2.16. The molecule has 11 heavy (non-hydrogen) atoms. The molecule has 2 unspecified atom stereocenters. The minimum atomic E-state index is -0.765. The Balaban J connectivity index is 2.43. The van der Waals surface area contributed by atoms with Crippen LogP contribution in [-0.4, -0.2) is 41.1 Å². The number of hydrogen-bond acceptors (Lipinski definition) is 3. The smallest absolute Gasteiger partial charge is 0.320 e.